The Hall–Kier alpha value is -2.20. The molecule has 0 spiro atoms. The molecule has 1 aromatic heterocycles. The molecule has 0 aliphatic heterocycles. The summed E-state index contributed by atoms with van der Waals surface area (Å²) in [4.78, 5) is 12.2. The van der Waals surface area contributed by atoms with E-state index in [-0.39, 0.29) is 12.4 Å². The van der Waals surface area contributed by atoms with E-state index in [9.17, 15) is 4.79 Å². The van der Waals surface area contributed by atoms with Crippen LogP contribution in [0.2, 0.25) is 15.1 Å². The lowest BCUT2D eigenvalue weighted by Crippen LogP contribution is -1.94. The molecular formula is C20H13Cl3O3. The van der Waals surface area contributed by atoms with Crippen molar-refractivity contribution in [2.24, 2.45) is 0 Å². The van der Waals surface area contributed by atoms with Gasteiger partial charge in [-0.2, -0.15) is 0 Å². The van der Waals surface area contributed by atoms with Crippen molar-refractivity contribution in [3.8, 4) is 5.75 Å². The van der Waals surface area contributed by atoms with Crippen molar-refractivity contribution in [1.29, 1.82) is 0 Å². The molecule has 0 saturated heterocycles. The number of furan rings is 1. The predicted octanol–water partition coefficient (Wildman–Crippen LogP) is 6.71. The molecule has 6 heteroatoms. The second-order valence-corrected chi connectivity index (χ2v) is 6.62. The van der Waals surface area contributed by atoms with E-state index in [0.717, 1.165) is 0 Å². The molecule has 0 aliphatic rings. The van der Waals surface area contributed by atoms with Gasteiger partial charge in [0.05, 0.1) is 10.0 Å². The Kier molecular flexibility index (Phi) is 6.04. The van der Waals surface area contributed by atoms with Gasteiger partial charge in [-0.15, -0.1) is 0 Å². The lowest BCUT2D eigenvalue weighted by molar-refractivity contribution is 0.104. The Bertz CT molecular complexity index is 943. The number of hydrogen-bond donors (Lipinski definition) is 0. The third-order valence-electron chi connectivity index (χ3n) is 3.48. The van der Waals surface area contributed by atoms with E-state index in [1.807, 2.05) is 0 Å². The largest absolute Gasteiger partial charge is 0.486 e. The fourth-order valence-electron chi connectivity index (χ4n) is 2.15. The minimum atomic E-state index is -0.195. The highest BCUT2D eigenvalue weighted by Gasteiger charge is 2.06. The molecule has 3 rings (SSSR count). The quantitative estimate of drug-likeness (QED) is 0.336. The summed E-state index contributed by atoms with van der Waals surface area (Å²) in [5, 5.41) is 1.39. The van der Waals surface area contributed by atoms with Crippen LogP contribution >= 0.6 is 34.8 Å². The van der Waals surface area contributed by atoms with Gasteiger partial charge in [0.2, 0.25) is 0 Å². The van der Waals surface area contributed by atoms with Crippen LogP contribution in [-0.4, -0.2) is 5.78 Å². The van der Waals surface area contributed by atoms with Crippen LogP contribution in [0.5, 0.6) is 5.75 Å². The zero-order valence-electron chi connectivity index (χ0n) is 13.4. The van der Waals surface area contributed by atoms with E-state index in [4.69, 9.17) is 44.0 Å². The average Bonchev–Trinajstić information content (AvgIpc) is 3.09. The van der Waals surface area contributed by atoms with Gasteiger partial charge in [0.25, 0.3) is 0 Å². The topological polar surface area (TPSA) is 39.4 Å². The number of hydrogen-bond acceptors (Lipinski definition) is 3. The van der Waals surface area contributed by atoms with Crippen molar-refractivity contribution in [1.82, 2.24) is 0 Å². The molecule has 0 unspecified atom stereocenters. The Morgan fingerprint density at radius 1 is 0.962 bits per heavy atom. The van der Waals surface area contributed by atoms with Gasteiger partial charge in [0, 0.05) is 10.6 Å². The van der Waals surface area contributed by atoms with Crippen LogP contribution in [0.3, 0.4) is 0 Å². The van der Waals surface area contributed by atoms with Crippen molar-refractivity contribution >= 4 is 46.7 Å². The average molecular weight is 408 g/mol. The molecule has 0 atom stereocenters. The summed E-state index contributed by atoms with van der Waals surface area (Å²) in [7, 11) is 0. The molecule has 26 heavy (non-hydrogen) atoms. The summed E-state index contributed by atoms with van der Waals surface area (Å²) >= 11 is 17.6. The molecule has 0 radical (unpaired) electrons. The fourth-order valence-corrected chi connectivity index (χ4v) is 2.57. The maximum atomic E-state index is 12.2. The number of rotatable bonds is 6. The molecule has 0 amide bonds. The third kappa shape index (κ3) is 4.92. The number of halogens is 3. The Labute approximate surface area is 165 Å². The lowest BCUT2D eigenvalue weighted by atomic mass is 10.1. The minimum Gasteiger partial charge on any atom is -0.486 e. The van der Waals surface area contributed by atoms with Crippen molar-refractivity contribution in [2.75, 3.05) is 0 Å². The Morgan fingerprint density at radius 3 is 2.46 bits per heavy atom. The summed E-state index contributed by atoms with van der Waals surface area (Å²) in [6.07, 6.45) is 3.01. The molecule has 0 N–H and O–H groups in total. The summed E-state index contributed by atoms with van der Waals surface area (Å²) in [5.74, 6) is 1.69. The molecule has 0 bridgehead atoms. The van der Waals surface area contributed by atoms with Gasteiger partial charge in [0.15, 0.2) is 5.78 Å². The molecule has 0 fully saturated rings. The van der Waals surface area contributed by atoms with E-state index in [0.29, 0.717) is 37.9 Å². The molecule has 3 nitrogen and oxygen atoms in total. The lowest BCUT2D eigenvalue weighted by Gasteiger charge is -2.03. The summed E-state index contributed by atoms with van der Waals surface area (Å²) in [6, 6.07) is 15.4. The van der Waals surface area contributed by atoms with Crippen LogP contribution in [-0.2, 0) is 6.61 Å². The van der Waals surface area contributed by atoms with Crippen LogP contribution in [0.4, 0.5) is 0 Å². The van der Waals surface area contributed by atoms with Crippen LogP contribution in [0.25, 0.3) is 6.08 Å². The van der Waals surface area contributed by atoms with E-state index >= 15 is 0 Å². The van der Waals surface area contributed by atoms with Crippen molar-refractivity contribution < 1.29 is 13.9 Å². The number of carbonyl (C=O) groups excluding carboxylic acids is 1. The first kappa shape index (κ1) is 18.6. The molecule has 0 saturated carbocycles. The number of ketones is 1. The van der Waals surface area contributed by atoms with Crippen molar-refractivity contribution in [3.05, 3.63) is 92.8 Å². The number of ether oxygens (including phenoxy) is 1. The van der Waals surface area contributed by atoms with E-state index < -0.39 is 0 Å². The highest BCUT2D eigenvalue weighted by molar-refractivity contribution is 6.42. The molecule has 0 aliphatic carbocycles. The Morgan fingerprint density at radius 2 is 1.73 bits per heavy atom. The molecule has 3 aromatic rings. The minimum absolute atomic E-state index is 0.195. The van der Waals surface area contributed by atoms with Gasteiger partial charge >= 0.3 is 0 Å². The van der Waals surface area contributed by atoms with Gasteiger partial charge in [-0.1, -0.05) is 34.8 Å². The number of allylic oxidation sites excluding steroid dienone is 1. The molecule has 132 valence electrons. The van der Waals surface area contributed by atoms with E-state index in [2.05, 4.69) is 0 Å². The first-order valence-electron chi connectivity index (χ1n) is 7.66. The summed E-state index contributed by atoms with van der Waals surface area (Å²) in [6.45, 7) is 0.274. The molecule has 2 aromatic carbocycles. The maximum Gasteiger partial charge on any atom is 0.186 e. The van der Waals surface area contributed by atoms with Gasteiger partial charge in [-0.3, -0.25) is 4.79 Å². The van der Waals surface area contributed by atoms with Crippen LogP contribution < -0.4 is 4.74 Å². The van der Waals surface area contributed by atoms with Gasteiger partial charge in [-0.05, 0) is 66.7 Å². The Balaban J connectivity index is 1.60. The second-order valence-electron chi connectivity index (χ2n) is 5.37. The number of benzene rings is 2. The SMILES string of the molecule is O=C(/C=C/c1ccc(COc2ccc(Cl)cc2)o1)c1ccc(Cl)c(Cl)c1. The van der Waals surface area contributed by atoms with Gasteiger partial charge < -0.3 is 9.15 Å². The van der Waals surface area contributed by atoms with E-state index in [1.165, 1.54) is 12.1 Å². The van der Waals surface area contributed by atoms with E-state index in [1.54, 1.807) is 54.6 Å². The molecular weight excluding hydrogens is 395 g/mol. The highest BCUT2D eigenvalue weighted by Crippen LogP contribution is 2.23. The second kappa shape index (κ2) is 8.45. The normalized spacial score (nSPS) is 11.0. The standard InChI is InChI=1S/C20H13Cl3O3/c21-14-2-4-15(5-3-14)25-12-17-7-6-16(26-17)8-10-20(24)13-1-9-18(22)19(23)11-13/h1-11H,12H2/b10-8+. The van der Waals surface area contributed by atoms with Crippen molar-refractivity contribution in [2.45, 2.75) is 6.61 Å². The van der Waals surface area contributed by atoms with Crippen LogP contribution in [0.1, 0.15) is 21.9 Å². The first-order chi connectivity index (χ1) is 12.5. The summed E-state index contributed by atoms with van der Waals surface area (Å²) in [5.41, 5.74) is 0.452. The third-order valence-corrected chi connectivity index (χ3v) is 4.47. The zero-order valence-corrected chi connectivity index (χ0v) is 15.7. The van der Waals surface area contributed by atoms with Gasteiger partial charge in [-0.25, -0.2) is 0 Å². The number of carbonyl (C=O) groups is 1. The monoisotopic (exact) mass is 406 g/mol. The van der Waals surface area contributed by atoms with Crippen LogP contribution in [0, 0.1) is 0 Å². The smallest absolute Gasteiger partial charge is 0.186 e. The van der Waals surface area contributed by atoms with Crippen LogP contribution in [0.15, 0.2) is 65.1 Å². The van der Waals surface area contributed by atoms with Crippen molar-refractivity contribution in [3.63, 3.8) is 0 Å². The highest BCUT2D eigenvalue weighted by atomic mass is 35.5. The fraction of sp³-hybridized carbons (Fsp3) is 0.0500. The summed E-state index contributed by atoms with van der Waals surface area (Å²) < 4.78 is 11.2. The predicted molar refractivity (Wildman–Crippen MR) is 104 cm³/mol. The maximum absolute atomic E-state index is 12.2. The zero-order chi connectivity index (χ0) is 18.5. The first-order valence-corrected chi connectivity index (χ1v) is 8.79. The van der Waals surface area contributed by atoms with Gasteiger partial charge in [0.1, 0.15) is 23.9 Å². The molecule has 1 heterocycles.